The number of aromatic nitrogens is 2. The molecule has 4 nitrogen and oxygen atoms in total. The zero-order chi connectivity index (χ0) is 14.8. The molecule has 3 aromatic rings. The van der Waals surface area contributed by atoms with Crippen molar-refractivity contribution in [3.63, 3.8) is 0 Å². The quantitative estimate of drug-likeness (QED) is 0.734. The number of benzene rings is 2. The van der Waals surface area contributed by atoms with Gasteiger partial charge in [0.1, 0.15) is 0 Å². The molecule has 2 heterocycles. The molecular formula is C18H16N2O2. The van der Waals surface area contributed by atoms with Crippen LogP contribution in [0.4, 0.5) is 0 Å². The van der Waals surface area contributed by atoms with Crippen LogP contribution in [0.25, 0.3) is 22.6 Å². The van der Waals surface area contributed by atoms with Gasteiger partial charge in [-0.3, -0.25) is 0 Å². The Hall–Kier alpha value is -2.46. The molecule has 4 heteroatoms. The normalized spacial score (nSPS) is 17.7. The first-order valence-corrected chi connectivity index (χ1v) is 7.47. The zero-order valence-electron chi connectivity index (χ0n) is 12.1. The minimum absolute atomic E-state index is 0.265. The molecule has 1 fully saturated rings. The van der Waals surface area contributed by atoms with E-state index in [1.54, 1.807) is 0 Å². The standard InChI is InChI=1S/C18H16N2O2/c1-2-4-13(5-3-1)14-6-8-15(9-7-14)18-19-17(20-22-18)16-10-11-21-12-16/h1-9,16H,10-12H2. The number of rotatable bonds is 3. The van der Waals surface area contributed by atoms with Crippen LogP contribution in [-0.4, -0.2) is 23.4 Å². The molecule has 1 unspecified atom stereocenters. The first kappa shape index (κ1) is 13.2. The van der Waals surface area contributed by atoms with Gasteiger partial charge in [0.25, 0.3) is 5.89 Å². The zero-order valence-corrected chi connectivity index (χ0v) is 12.1. The van der Waals surface area contributed by atoms with Crippen molar-refractivity contribution in [1.29, 1.82) is 0 Å². The molecule has 1 aromatic heterocycles. The Labute approximate surface area is 128 Å². The van der Waals surface area contributed by atoms with Gasteiger partial charge in [-0.15, -0.1) is 0 Å². The third-order valence-corrected chi connectivity index (χ3v) is 3.98. The van der Waals surface area contributed by atoms with E-state index in [1.165, 1.54) is 11.1 Å². The van der Waals surface area contributed by atoms with E-state index in [4.69, 9.17) is 9.26 Å². The molecule has 1 aliphatic rings. The fourth-order valence-electron chi connectivity index (χ4n) is 2.69. The summed E-state index contributed by atoms with van der Waals surface area (Å²) in [7, 11) is 0. The maximum atomic E-state index is 5.39. The second-order valence-corrected chi connectivity index (χ2v) is 5.46. The van der Waals surface area contributed by atoms with Gasteiger partial charge in [0.2, 0.25) is 0 Å². The van der Waals surface area contributed by atoms with E-state index < -0.39 is 0 Å². The highest BCUT2D eigenvalue weighted by Crippen LogP contribution is 2.27. The van der Waals surface area contributed by atoms with E-state index in [-0.39, 0.29) is 5.92 Å². The summed E-state index contributed by atoms with van der Waals surface area (Å²) in [6.45, 7) is 1.46. The van der Waals surface area contributed by atoms with Crippen molar-refractivity contribution in [2.24, 2.45) is 0 Å². The molecule has 0 amide bonds. The van der Waals surface area contributed by atoms with Gasteiger partial charge in [0, 0.05) is 18.1 Å². The van der Waals surface area contributed by atoms with E-state index in [2.05, 4.69) is 34.4 Å². The highest BCUT2D eigenvalue weighted by atomic mass is 16.5. The van der Waals surface area contributed by atoms with Gasteiger partial charge in [-0.05, 0) is 29.7 Å². The summed E-state index contributed by atoms with van der Waals surface area (Å²) < 4.78 is 10.8. The minimum atomic E-state index is 0.265. The van der Waals surface area contributed by atoms with Crippen LogP contribution in [0.5, 0.6) is 0 Å². The van der Waals surface area contributed by atoms with Gasteiger partial charge < -0.3 is 9.26 Å². The molecule has 0 saturated carbocycles. The number of ether oxygens (including phenoxy) is 1. The summed E-state index contributed by atoms with van der Waals surface area (Å²) in [6, 6.07) is 18.5. The van der Waals surface area contributed by atoms with Crippen molar-refractivity contribution in [1.82, 2.24) is 10.1 Å². The van der Waals surface area contributed by atoms with Crippen LogP contribution in [0.3, 0.4) is 0 Å². The fourth-order valence-corrected chi connectivity index (χ4v) is 2.69. The second kappa shape index (κ2) is 5.73. The Morgan fingerprint density at radius 2 is 1.59 bits per heavy atom. The third-order valence-electron chi connectivity index (χ3n) is 3.98. The van der Waals surface area contributed by atoms with Gasteiger partial charge in [0.05, 0.1) is 6.61 Å². The molecule has 110 valence electrons. The molecule has 1 saturated heterocycles. The van der Waals surface area contributed by atoms with E-state index in [0.717, 1.165) is 24.4 Å². The second-order valence-electron chi connectivity index (χ2n) is 5.46. The Bertz CT molecular complexity index is 744. The molecule has 1 aliphatic heterocycles. The molecule has 1 atom stereocenters. The van der Waals surface area contributed by atoms with Crippen LogP contribution in [0, 0.1) is 0 Å². The SMILES string of the molecule is c1ccc(-c2ccc(-c3nc(C4CCOC4)no3)cc2)cc1. The van der Waals surface area contributed by atoms with Gasteiger partial charge in [-0.2, -0.15) is 4.98 Å². The topological polar surface area (TPSA) is 48.2 Å². The molecular weight excluding hydrogens is 276 g/mol. The van der Waals surface area contributed by atoms with Crippen molar-refractivity contribution in [3.8, 4) is 22.6 Å². The smallest absolute Gasteiger partial charge is 0.257 e. The Kier molecular flexibility index (Phi) is 3.45. The van der Waals surface area contributed by atoms with Crippen molar-refractivity contribution in [2.75, 3.05) is 13.2 Å². The molecule has 0 aliphatic carbocycles. The van der Waals surface area contributed by atoms with E-state index in [9.17, 15) is 0 Å². The van der Waals surface area contributed by atoms with Gasteiger partial charge in [-0.25, -0.2) is 0 Å². The van der Waals surface area contributed by atoms with E-state index in [1.807, 2.05) is 30.3 Å². The molecule has 0 radical (unpaired) electrons. The fraction of sp³-hybridized carbons (Fsp3) is 0.222. The van der Waals surface area contributed by atoms with Gasteiger partial charge >= 0.3 is 0 Å². The largest absolute Gasteiger partial charge is 0.381 e. The Balaban J connectivity index is 1.58. The summed E-state index contributed by atoms with van der Waals surface area (Å²) >= 11 is 0. The average molecular weight is 292 g/mol. The molecule has 0 N–H and O–H groups in total. The summed E-state index contributed by atoms with van der Waals surface area (Å²) in [4.78, 5) is 4.51. The van der Waals surface area contributed by atoms with Crippen LogP contribution in [0.15, 0.2) is 59.1 Å². The highest BCUT2D eigenvalue weighted by molar-refractivity contribution is 5.67. The molecule has 22 heavy (non-hydrogen) atoms. The predicted molar refractivity (Wildman–Crippen MR) is 83.3 cm³/mol. The maximum absolute atomic E-state index is 5.39. The average Bonchev–Trinajstić information content (AvgIpc) is 3.27. The first-order chi connectivity index (χ1) is 10.9. The molecule has 4 rings (SSSR count). The van der Waals surface area contributed by atoms with Gasteiger partial charge in [0.15, 0.2) is 5.82 Å². The number of hydrogen-bond donors (Lipinski definition) is 0. The minimum Gasteiger partial charge on any atom is -0.381 e. The van der Waals surface area contributed by atoms with Gasteiger partial charge in [-0.1, -0.05) is 47.6 Å². The number of hydrogen-bond acceptors (Lipinski definition) is 4. The monoisotopic (exact) mass is 292 g/mol. The van der Waals surface area contributed by atoms with E-state index >= 15 is 0 Å². The van der Waals surface area contributed by atoms with Crippen molar-refractivity contribution >= 4 is 0 Å². The predicted octanol–water partition coefficient (Wildman–Crippen LogP) is 3.91. The van der Waals surface area contributed by atoms with Crippen molar-refractivity contribution in [3.05, 3.63) is 60.4 Å². The molecule has 0 bridgehead atoms. The van der Waals surface area contributed by atoms with Crippen molar-refractivity contribution in [2.45, 2.75) is 12.3 Å². The summed E-state index contributed by atoms with van der Waals surface area (Å²) in [6.07, 6.45) is 0.964. The molecule has 2 aromatic carbocycles. The van der Waals surface area contributed by atoms with Crippen molar-refractivity contribution < 1.29 is 9.26 Å². The van der Waals surface area contributed by atoms with Crippen LogP contribution in [0.2, 0.25) is 0 Å². The lowest BCUT2D eigenvalue weighted by Crippen LogP contribution is -1.99. The maximum Gasteiger partial charge on any atom is 0.257 e. The van der Waals surface area contributed by atoms with Crippen LogP contribution in [-0.2, 0) is 4.74 Å². The first-order valence-electron chi connectivity index (χ1n) is 7.47. The lowest BCUT2D eigenvalue weighted by molar-refractivity contribution is 0.192. The van der Waals surface area contributed by atoms with Crippen LogP contribution >= 0.6 is 0 Å². The Morgan fingerprint density at radius 1 is 0.864 bits per heavy atom. The van der Waals surface area contributed by atoms with Crippen LogP contribution < -0.4 is 0 Å². The highest BCUT2D eigenvalue weighted by Gasteiger charge is 2.23. The lowest BCUT2D eigenvalue weighted by atomic mass is 10.0. The Morgan fingerprint density at radius 3 is 2.32 bits per heavy atom. The summed E-state index contributed by atoms with van der Waals surface area (Å²) in [5, 5.41) is 4.09. The molecule has 0 spiro atoms. The summed E-state index contributed by atoms with van der Waals surface area (Å²) in [5.41, 5.74) is 3.31. The summed E-state index contributed by atoms with van der Waals surface area (Å²) in [5.74, 6) is 1.59. The lowest BCUT2D eigenvalue weighted by Gasteiger charge is -2.02. The van der Waals surface area contributed by atoms with E-state index in [0.29, 0.717) is 12.5 Å². The number of nitrogens with zero attached hydrogens (tertiary/aromatic N) is 2. The third kappa shape index (κ3) is 2.53. The van der Waals surface area contributed by atoms with Crippen LogP contribution in [0.1, 0.15) is 18.2 Å².